The maximum atomic E-state index is 12.2. The summed E-state index contributed by atoms with van der Waals surface area (Å²) in [5.41, 5.74) is 4.37. The summed E-state index contributed by atoms with van der Waals surface area (Å²) >= 11 is 0. The van der Waals surface area contributed by atoms with E-state index < -0.39 is 16.9 Å². The van der Waals surface area contributed by atoms with E-state index in [1.54, 1.807) is 13.8 Å². The Hall–Kier alpha value is -1.10. The summed E-state index contributed by atoms with van der Waals surface area (Å²) in [4.78, 5) is 23.7. The molecule has 0 aliphatic heterocycles. The largest absolute Gasteiger partial charge is 0.467 e. The lowest BCUT2D eigenvalue weighted by Gasteiger charge is -2.32. The summed E-state index contributed by atoms with van der Waals surface area (Å²) in [5, 5.41) is 2.73. The van der Waals surface area contributed by atoms with E-state index in [1.165, 1.54) is 7.11 Å². The van der Waals surface area contributed by atoms with Gasteiger partial charge >= 0.3 is 5.97 Å². The molecule has 5 nitrogen and oxygen atoms in total. The normalized spacial score (nSPS) is 28.9. The van der Waals surface area contributed by atoms with Gasteiger partial charge in [0.05, 0.1) is 12.5 Å². The fourth-order valence-electron chi connectivity index (χ4n) is 2.21. The van der Waals surface area contributed by atoms with E-state index in [9.17, 15) is 9.59 Å². The first-order valence-corrected chi connectivity index (χ1v) is 5.90. The minimum absolute atomic E-state index is 0.143. The Kier molecular flexibility index (Phi) is 3.81. The van der Waals surface area contributed by atoms with E-state index in [1.807, 2.05) is 6.92 Å². The molecule has 0 aromatic carbocycles. The third-order valence-corrected chi connectivity index (χ3v) is 3.67. The van der Waals surface area contributed by atoms with Crippen LogP contribution in [0.3, 0.4) is 0 Å². The van der Waals surface area contributed by atoms with Crippen LogP contribution < -0.4 is 11.1 Å². The van der Waals surface area contributed by atoms with E-state index in [0.29, 0.717) is 0 Å². The molecule has 5 heteroatoms. The lowest BCUT2D eigenvalue weighted by molar-refractivity contribution is -0.151. The first-order valence-electron chi connectivity index (χ1n) is 5.90. The van der Waals surface area contributed by atoms with Crippen molar-refractivity contribution in [2.45, 2.75) is 51.6 Å². The van der Waals surface area contributed by atoms with Crippen LogP contribution in [-0.2, 0) is 14.3 Å². The summed E-state index contributed by atoms with van der Waals surface area (Å²) in [6, 6.07) is -0.143. The van der Waals surface area contributed by atoms with Gasteiger partial charge in [-0.25, -0.2) is 4.79 Å². The van der Waals surface area contributed by atoms with Crippen LogP contribution in [0.25, 0.3) is 0 Å². The van der Waals surface area contributed by atoms with Crippen LogP contribution in [0.15, 0.2) is 0 Å². The van der Waals surface area contributed by atoms with Crippen LogP contribution in [0.5, 0.6) is 0 Å². The fraction of sp³-hybridized carbons (Fsp3) is 0.833. The smallest absolute Gasteiger partial charge is 0.330 e. The van der Waals surface area contributed by atoms with Gasteiger partial charge in [0.1, 0.15) is 5.54 Å². The SMILES string of the molecule is COC(=O)C(C)(C)NC(=O)C1(C)CCCC1N. The number of methoxy groups -OCH3 is 1. The molecule has 2 atom stereocenters. The van der Waals surface area contributed by atoms with Crippen LogP contribution >= 0.6 is 0 Å². The van der Waals surface area contributed by atoms with Crippen molar-refractivity contribution in [1.82, 2.24) is 5.32 Å². The molecule has 2 unspecified atom stereocenters. The molecule has 1 saturated carbocycles. The van der Waals surface area contributed by atoms with Crippen LogP contribution in [0, 0.1) is 5.41 Å². The quantitative estimate of drug-likeness (QED) is 0.709. The predicted octanol–water partition coefficient (Wildman–Crippen LogP) is 0.572. The van der Waals surface area contributed by atoms with Crippen molar-refractivity contribution in [3.05, 3.63) is 0 Å². The van der Waals surface area contributed by atoms with Gasteiger partial charge in [-0.3, -0.25) is 4.79 Å². The van der Waals surface area contributed by atoms with E-state index in [2.05, 4.69) is 10.1 Å². The summed E-state index contributed by atoms with van der Waals surface area (Å²) in [5.74, 6) is -0.626. The number of amides is 1. The average molecular weight is 242 g/mol. The molecule has 0 aromatic rings. The Labute approximate surface area is 102 Å². The molecule has 98 valence electrons. The van der Waals surface area contributed by atoms with Crippen molar-refractivity contribution in [3.8, 4) is 0 Å². The minimum Gasteiger partial charge on any atom is -0.467 e. The van der Waals surface area contributed by atoms with Crippen molar-refractivity contribution in [1.29, 1.82) is 0 Å². The summed E-state index contributed by atoms with van der Waals surface area (Å²) in [6.07, 6.45) is 2.56. The zero-order valence-corrected chi connectivity index (χ0v) is 11.0. The number of nitrogens with two attached hydrogens (primary N) is 1. The minimum atomic E-state index is -1.02. The molecule has 1 aliphatic rings. The van der Waals surface area contributed by atoms with Crippen LogP contribution in [0.4, 0.5) is 0 Å². The maximum Gasteiger partial charge on any atom is 0.330 e. The highest BCUT2D eigenvalue weighted by molar-refractivity contribution is 5.90. The zero-order valence-electron chi connectivity index (χ0n) is 11.0. The highest BCUT2D eigenvalue weighted by Crippen LogP contribution is 2.37. The number of ether oxygens (including phenoxy) is 1. The molecule has 0 spiro atoms. The summed E-state index contributed by atoms with van der Waals surface area (Å²) < 4.78 is 4.65. The van der Waals surface area contributed by atoms with Gasteiger partial charge in [-0.15, -0.1) is 0 Å². The third kappa shape index (κ3) is 2.60. The number of hydrogen-bond acceptors (Lipinski definition) is 4. The average Bonchev–Trinajstić information content (AvgIpc) is 2.58. The zero-order chi connectivity index (χ0) is 13.3. The first kappa shape index (κ1) is 14.0. The fourth-order valence-corrected chi connectivity index (χ4v) is 2.21. The summed E-state index contributed by atoms with van der Waals surface area (Å²) in [7, 11) is 1.30. The van der Waals surface area contributed by atoms with Crippen molar-refractivity contribution in [2.75, 3.05) is 7.11 Å². The van der Waals surface area contributed by atoms with Crippen molar-refractivity contribution >= 4 is 11.9 Å². The number of esters is 1. The van der Waals surface area contributed by atoms with Crippen molar-refractivity contribution in [2.24, 2.45) is 11.1 Å². The van der Waals surface area contributed by atoms with Crippen LogP contribution in [0.1, 0.15) is 40.0 Å². The van der Waals surface area contributed by atoms with E-state index in [4.69, 9.17) is 5.73 Å². The van der Waals surface area contributed by atoms with Gasteiger partial charge in [0.15, 0.2) is 0 Å². The number of nitrogens with one attached hydrogen (secondary N) is 1. The number of carbonyl (C=O) groups is 2. The number of rotatable bonds is 3. The third-order valence-electron chi connectivity index (χ3n) is 3.67. The van der Waals surface area contributed by atoms with Crippen molar-refractivity contribution in [3.63, 3.8) is 0 Å². The standard InChI is InChI=1S/C12H22N2O3/c1-11(2,10(16)17-4)14-9(15)12(3)7-5-6-8(12)13/h8H,5-7,13H2,1-4H3,(H,14,15). The Morgan fingerprint density at radius 2 is 2.06 bits per heavy atom. The van der Waals surface area contributed by atoms with Gasteiger partial charge in [0.25, 0.3) is 0 Å². The van der Waals surface area contributed by atoms with E-state index >= 15 is 0 Å². The lowest BCUT2D eigenvalue weighted by atomic mass is 9.83. The molecular weight excluding hydrogens is 220 g/mol. The second kappa shape index (κ2) is 4.64. The lowest BCUT2D eigenvalue weighted by Crippen LogP contribution is -2.57. The van der Waals surface area contributed by atoms with Gasteiger partial charge < -0.3 is 15.8 Å². The Morgan fingerprint density at radius 3 is 2.47 bits per heavy atom. The molecule has 0 radical (unpaired) electrons. The van der Waals surface area contributed by atoms with Crippen molar-refractivity contribution < 1.29 is 14.3 Å². The topological polar surface area (TPSA) is 81.4 Å². The van der Waals surface area contributed by atoms with E-state index in [0.717, 1.165) is 19.3 Å². The molecular formula is C12H22N2O3. The highest BCUT2D eigenvalue weighted by atomic mass is 16.5. The predicted molar refractivity (Wildman–Crippen MR) is 64.2 cm³/mol. The molecule has 1 fully saturated rings. The molecule has 1 amide bonds. The van der Waals surface area contributed by atoms with Gasteiger partial charge in [0.2, 0.25) is 5.91 Å². The van der Waals surface area contributed by atoms with Gasteiger partial charge in [0, 0.05) is 6.04 Å². The molecule has 17 heavy (non-hydrogen) atoms. The molecule has 0 aromatic heterocycles. The number of carbonyl (C=O) groups excluding carboxylic acids is 2. The van der Waals surface area contributed by atoms with Gasteiger partial charge in [-0.2, -0.15) is 0 Å². The molecule has 3 N–H and O–H groups in total. The second-order valence-electron chi connectivity index (χ2n) is 5.49. The summed E-state index contributed by atoms with van der Waals surface area (Å²) in [6.45, 7) is 5.11. The Bertz CT molecular complexity index is 328. The Morgan fingerprint density at radius 1 is 1.47 bits per heavy atom. The molecule has 1 rings (SSSR count). The maximum absolute atomic E-state index is 12.2. The Balaban J connectivity index is 2.75. The second-order valence-corrected chi connectivity index (χ2v) is 5.49. The highest BCUT2D eigenvalue weighted by Gasteiger charge is 2.45. The van der Waals surface area contributed by atoms with Gasteiger partial charge in [-0.05, 0) is 33.6 Å². The molecule has 0 bridgehead atoms. The molecule has 0 saturated heterocycles. The molecule has 1 aliphatic carbocycles. The first-order chi connectivity index (χ1) is 7.74. The molecule has 0 heterocycles. The van der Waals surface area contributed by atoms with Crippen LogP contribution in [-0.4, -0.2) is 30.6 Å². The monoisotopic (exact) mass is 242 g/mol. The van der Waals surface area contributed by atoms with Gasteiger partial charge in [-0.1, -0.05) is 6.42 Å². The van der Waals surface area contributed by atoms with Crippen LogP contribution in [0.2, 0.25) is 0 Å². The number of hydrogen-bond donors (Lipinski definition) is 2. The van der Waals surface area contributed by atoms with E-state index in [-0.39, 0.29) is 11.9 Å².